The van der Waals surface area contributed by atoms with E-state index < -0.39 is 5.91 Å². The van der Waals surface area contributed by atoms with Gasteiger partial charge in [0.15, 0.2) is 5.76 Å². The van der Waals surface area contributed by atoms with E-state index in [1.807, 2.05) is 62.3 Å². The maximum atomic E-state index is 12.4. The molecule has 3 aromatic rings. The maximum Gasteiger partial charge on any atom is 0.305 e. The van der Waals surface area contributed by atoms with Crippen LogP contribution in [0.3, 0.4) is 0 Å². The van der Waals surface area contributed by atoms with Gasteiger partial charge in [-0.25, -0.2) is 0 Å². The van der Waals surface area contributed by atoms with Crippen molar-refractivity contribution in [2.24, 2.45) is 0 Å². The second-order valence-corrected chi connectivity index (χ2v) is 6.28. The third-order valence-corrected chi connectivity index (χ3v) is 4.14. The molecule has 6 heteroatoms. The largest absolute Gasteiger partial charge is 0.450 e. The summed E-state index contributed by atoms with van der Waals surface area (Å²) < 4.78 is 5.83. The number of nitrogens with one attached hydrogen (secondary N) is 2. The van der Waals surface area contributed by atoms with Crippen LogP contribution in [0.4, 0.5) is 0 Å². The van der Waals surface area contributed by atoms with Crippen LogP contribution in [-0.4, -0.2) is 37.4 Å². The van der Waals surface area contributed by atoms with E-state index in [1.54, 1.807) is 0 Å². The predicted molar refractivity (Wildman–Crippen MR) is 97.2 cm³/mol. The minimum Gasteiger partial charge on any atom is -0.450 e. The average Bonchev–Trinajstić information content (AvgIpc) is 2.95. The quantitative estimate of drug-likeness (QED) is 0.717. The number of nitrogens with zero attached hydrogens (tertiary/aromatic N) is 1. The lowest BCUT2D eigenvalue weighted by Gasteiger charge is -2.10. The number of rotatable bonds is 4. The SMILES string of the molecule is Cc1c(C(=O)NNC(=O)CCN(C)C)oc2c1ccc1ccccc12. The Hall–Kier alpha value is -2.86. The van der Waals surface area contributed by atoms with Crippen LogP contribution in [0.15, 0.2) is 40.8 Å². The van der Waals surface area contributed by atoms with Crippen LogP contribution in [0.1, 0.15) is 22.5 Å². The third kappa shape index (κ3) is 3.49. The highest BCUT2D eigenvalue weighted by atomic mass is 16.3. The monoisotopic (exact) mass is 339 g/mol. The number of benzene rings is 2. The topological polar surface area (TPSA) is 74.6 Å². The van der Waals surface area contributed by atoms with Gasteiger partial charge in [0, 0.05) is 29.3 Å². The zero-order valence-electron chi connectivity index (χ0n) is 14.6. The number of hydrogen-bond donors (Lipinski definition) is 2. The van der Waals surface area contributed by atoms with Gasteiger partial charge < -0.3 is 9.32 Å². The Morgan fingerprint density at radius 2 is 1.80 bits per heavy atom. The lowest BCUT2D eigenvalue weighted by molar-refractivity contribution is -0.122. The second-order valence-electron chi connectivity index (χ2n) is 6.28. The van der Waals surface area contributed by atoms with Crippen LogP contribution < -0.4 is 10.9 Å². The van der Waals surface area contributed by atoms with E-state index in [4.69, 9.17) is 4.42 Å². The van der Waals surface area contributed by atoms with Crippen LogP contribution in [0.5, 0.6) is 0 Å². The number of fused-ring (bicyclic) bond motifs is 3. The highest BCUT2D eigenvalue weighted by Crippen LogP contribution is 2.31. The number of hydrazine groups is 1. The van der Waals surface area contributed by atoms with Gasteiger partial charge >= 0.3 is 5.91 Å². The zero-order chi connectivity index (χ0) is 18.0. The number of aryl methyl sites for hydroxylation is 1. The zero-order valence-corrected chi connectivity index (χ0v) is 14.6. The van der Waals surface area contributed by atoms with Crippen molar-refractivity contribution in [2.75, 3.05) is 20.6 Å². The molecule has 0 aliphatic rings. The maximum absolute atomic E-state index is 12.4. The third-order valence-electron chi connectivity index (χ3n) is 4.14. The summed E-state index contributed by atoms with van der Waals surface area (Å²) in [4.78, 5) is 26.0. The number of carbonyl (C=O) groups excluding carboxylic acids is 2. The molecule has 0 saturated carbocycles. The van der Waals surface area contributed by atoms with Crippen LogP contribution in [0.25, 0.3) is 21.7 Å². The smallest absolute Gasteiger partial charge is 0.305 e. The van der Waals surface area contributed by atoms with E-state index in [1.165, 1.54) is 0 Å². The van der Waals surface area contributed by atoms with E-state index in [9.17, 15) is 9.59 Å². The minimum absolute atomic E-state index is 0.208. The van der Waals surface area contributed by atoms with Gasteiger partial charge in [0.25, 0.3) is 0 Å². The molecule has 0 fully saturated rings. The van der Waals surface area contributed by atoms with Crippen molar-refractivity contribution in [3.05, 3.63) is 47.7 Å². The molecule has 2 amide bonds. The molecule has 6 nitrogen and oxygen atoms in total. The van der Waals surface area contributed by atoms with Gasteiger partial charge in [-0.2, -0.15) is 0 Å². The van der Waals surface area contributed by atoms with Gasteiger partial charge in [-0.1, -0.05) is 36.4 Å². The summed E-state index contributed by atoms with van der Waals surface area (Å²) in [6, 6.07) is 11.8. The molecule has 0 unspecified atom stereocenters. The summed E-state index contributed by atoms with van der Waals surface area (Å²) in [6.07, 6.45) is 0.303. The molecule has 130 valence electrons. The minimum atomic E-state index is -0.462. The van der Waals surface area contributed by atoms with Crippen molar-refractivity contribution in [3.8, 4) is 0 Å². The number of carbonyl (C=O) groups is 2. The Labute approximate surface area is 145 Å². The summed E-state index contributed by atoms with van der Waals surface area (Å²) >= 11 is 0. The molecule has 0 spiro atoms. The molecule has 0 bridgehead atoms. The fourth-order valence-corrected chi connectivity index (χ4v) is 2.74. The highest BCUT2D eigenvalue weighted by molar-refractivity contribution is 6.09. The molecule has 0 saturated heterocycles. The van der Waals surface area contributed by atoms with E-state index in [0.717, 1.165) is 21.7 Å². The lowest BCUT2D eigenvalue weighted by atomic mass is 10.1. The fourth-order valence-electron chi connectivity index (χ4n) is 2.74. The van der Waals surface area contributed by atoms with E-state index >= 15 is 0 Å². The molecule has 1 heterocycles. The number of hydrogen-bond acceptors (Lipinski definition) is 4. The van der Waals surface area contributed by atoms with Crippen LogP contribution in [0.2, 0.25) is 0 Å². The highest BCUT2D eigenvalue weighted by Gasteiger charge is 2.19. The summed E-state index contributed by atoms with van der Waals surface area (Å²) in [5.41, 5.74) is 6.27. The molecule has 0 aliphatic heterocycles. The first-order chi connectivity index (χ1) is 12.0. The van der Waals surface area contributed by atoms with Crippen molar-refractivity contribution < 1.29 is 14.0 Å². The molecule has 0 atom stereocenters. The van der Waals surface area contributed by atoms with Crippen molar-refractivity contribution >= 4 is 33.6 Å². The Kier molecular flexibility index (Phi) is 4.72. The summed E-state index contributed by atoms with van der Waals surface area (Å²) in [5, 5.41) is 2.90. The molecule has 2 aromatic carbocycles. The summed E-state index contributed by atoms with van der Waals surface area (Å²) in [7, 11) is 3.77. The second kappa shape index (κ2) is 6.94. The van der Waals surface area contributed by atoms with Gasteiger partial charge in [-0.3, -0.25) is 20.4 Å². The van der Waals surface area contributed by atoms with Crippen LogP contribution in [-0.2, 0) is 4.79 Å². The van der Waals surface area contributed by atoms with Gasteiger partial charge in [0.2, 0.25) is 5.91 Å². The summed E-state index contributed by atoms with van der Waals surface area (Å²) in [6.45, 7) is 2.45. The molecule has 0 radical (unpaired) electrons. The molecule has 1 aromatic heterocycles. The number of amides is 2. The summed E-state index contributed by atoms with van der Waals surface area (Å²) in [5.74, 6) is -0.503. The molecular weight excluding hydrogens is 318 g/mol. The van der Waals surface area contributed by atoms with Crippen molar-refractivity contribution in [3.63, 3.8) is 0 Å². The standard InChI is InChI=1S/C19H21N3O3/c1-12-14-9-8-13-6-4-5-7-15(13)18(14)25-17(12)19(24)21-20-16(23)10-11-22(2)3/h4-9H,10-11H2,1-3H3,(H,20,23)(H,21,24). The van der Waals surface area contributed by atoms with Gasteiger partial charge in [-0.05, 0) is 26.4 Å². The Balaban J connectivity index is 1.81. The molecular formula is C19H21N3O3. The van der Waals surface area contributed by atoms with Gasteiger partial charge in [0.05, 0.1) is 0 Å². The normalized spacial score (nSPS) is 11.2. The van der Waals surface area contributed by atoms with Gasteiger partial charge in [-0.15, -0.1) is 0 Å². The van der Waals surface area contributed by atoms with Gasteiger partial charge in [0.1, 0.15) is 5.58 Å². The van der Waals surface area contributed by atoms with Crippen molar-refractivity contribution in [2.45, 2.75) is 13.3 Å². The first kappa shape index (κ1) is 17.0. The Morgan fingerprint density at radius 3 is 2.56 bits per heavy atom. The lowest BCUT2D eigenvalue weighted by Crippen LogP contribution is -2.42. The molecule has 25 heavy (non-hydrogen) atoms. The average molecular weight is 339 g/mol. The van der Waals surface area contributed by atoms with Crippen LogP contribution in [0, 0.1) is 6.92 Å². The van der Waals surface area contributed by atoms with Crippen LogP contribution >= 0.6 is 0 Å². The molecule has 2 N–H and O–H groups in total. The Bertz CT molecular complexity index is 944. The first-order valence-electron chi connectivity index (χ1n) is 8.12. The van der Waals surface area contributed by atoms with Crippen molar-refractivity contribution in [1.29, 1.82) is 0 Å². The van der Waals surface area contributed by atoms with E-state index in [-0.39, 0.29) is 11.7 Å². The molecule has 3 rings (SSSR count). The van der Waals surface area contributed by atoms with E-state index in [0.29, 0.717) is 18.5 Å². The van der Waals surface area contributed by atoms with E-state index in [2.05, 4.69) is 10.9 Å². The first-order valence-corrected chi connectivity index (χ1v) is 8.12. The number of furan rings is 1. The van der Waals surface area contributed by atoms with Crippen molar-refractivity contribution in [1.82, 2.24) is 15.8 Å². The fraction of sp³-hybridized carbons (Fsp3) is 0.263. The molecule has 0 aliphatic carbocycles. The Morgan fingerprint density at radius 1 is 1.04 bits per heavy atom. The predicted octanol–water partition coefficient (Wildman–Crippen LogP) is 2.61.